The molecule has 0 saturated heterocycles. The lowest BCUT2D eigenvalue weighted by molar-refractivity contribution is -0.146. The molecule has 1 fully saturated rings. The Labute approximate surface area is 113 Å². The quantitative estimate of drug-likeness (QED) is 0.785. The third kappa shape index (κ3) is 2.96. The van der Waals surface area contributed by atoms with Crippen LogP contribution in [-0.4, -0.2) is 30.8 Å². The molecule has 1 aromatic rings. The van der Waals surface area contributed by atoms with Crippen LogP contribution in [-0.2, 0) is 14.9 Å². The van der Waals surface area contributed by atoms with Crippen LogP contribution in [0.5, 0.6) is 0 Å². The highest BCUT2D eigenvalue weighted by molar-refractivity contribution is 5.82. The van der Waals surface area contributed by atoms with Gasteiger partial charge in [-0.2, -0.15) is 0 Å². The van der Waals surface area contributed by atoms with Crippen LogP contribution >= 0.6 is 0 Å². The molecule has 0 aliphatic heterocycles. The molecule has 19 heavy (non-hydrogen) atoms. The molecule has 2 rings (SSSR count). The molecular formula is C15H21NO3. The van der Waals surface area contributed by atoms with Crippen molar-refractivity contribution in [1.82, 2.24) is 0 Å². The number of aryl methyl sites for hydroxylation is 1. The van der Waals surface area contributed by atoms with Crippen LogP contribution in [0.2, 0.25) is 0 Å². The van der Waals surface area contributed by atoms with Crippen molar-refractivity contribution < 1.29 is 14.6 Å². The third-order valence-corrected chi connectivity index (χ3v) is 3.82. The van der Waals surface area contributed by atoms with E-state index < -0.39 is 11.4 Å². The van der Waals surface area contributed by atoms with Crippen molar-refractivity contribution in [3.63, 3.8) is 0 Å². The molecule has 1 aliphatic rings. The molecule has 1 saturated carbocycles. The summed E-state index contributed by atoms with van der Waals surface area (Å²) in [4.78, 5) is 11.7. The van der Waals surface area contributed by atoms with E-state index in [0.717, 1.165) is 11.1 Å². The Kier molecular flexibility index (Phi) is 4.22. The Hall–Kier alpha value is -1.39. The molecular weight excluding hydrogens is 242 g/mol. The normalized spacial score (nSPS) is 18.0. The molecule has 0 radical (unpaired) electrons. The van der Waals surface area contributed by atoms with Gasteiger partial charge in [0.1, 0.15) is 5.41 Å². The van der Waals surface area contributed by atoms with Crippen molar-refractivity contribution in [2.75, 3.05) is 19.8 Å². The molecule has 104 valence electrons. The average Bonchev–Trinajstić information content (AvgIpc) is 3.20. The minimum absolute atomic E-state index is 0.0395. The van der Waals surface area contributed by atoms with E-state index in [1.165, 1.54) is 12.8 Å². The Bertz CT molecular complexity index is 456. The van der Waals surface area contributed by atoms with Crippen LogP contribution < -0.4 is 5.73 Å². The number of hydrogen-bond acceptors (Lipinski definition) is 3. The highest BCUT2D eigenvalue weighted by Crippen LogP contribution is 2.31. The van der Waals surface area contributed by atoms with Gasteiger partial charge in [0.05, 0.1) is 6.61 Å². The number of nitrogens with two attached hydrogens (primary N) is 1. The van der Waals surface area contributed by atoms with Crippen molar-refractivity contribution in [2.45, 2.75) is 25.2 Å². The SMILES string of the molecule is Cc1ccccc1C(CN)(COCC1CC1)C(=O)O. The molecule has 0 heterocycles. The predicted molar refractivity (Wildman–Crippen MR) is 73.1 cm³/mol. The van der Waals surface area contributed by atoms with Crippen LogP contribution in [0.3, 0.4) is 0 Å². The second-order valence-corrected chi connectivity index (χ2v) is 5.36. The van der Waals surface area contributed by atoms with Gasteiger partial charge in [-0.1, -0.05) is 24.3 Å². The topological polar surface area (TPSA) is 72.5 Å². The molecule has 4 heteroatoms. The maximum absolute atomic E-state index is 11.7. The number of benzene rings is 1. The smallest absolute Gasteiger partial charge is 0.317 e. The van der Waals surface area contributed by atoms with E-state index in [1.54, 1.807) is 0 Å². The molecule has 1 unspecified atom stereocenters. The maximum Gasteiger partial charge on any atom is 0.317 e. The summed E-state index contributed by atoms with van der Waals surface area (Å²) in [5.41, 5.74) is 6.33. The summed E-state index contributed by atoms with van der Waals surface area (Å²) in [6.07, 6.45) is 2.38. The molecule has 1 aliphatic carbocycles. The molecule has 0 spiro atoms. The Morgan fingerprint density at radius 1 is 1.47 bits per heavy atom. The van der Waals surface area contributed by atoms with Crippen molar-refractivity contribution in [3.05, 3.63) is 35.4 Å². The zero-order valence-corrected chi connectivity index (χ0v) is 11.3. The molecule has 1 atom stereocenters. The lowest BCUT2D eigenvalue weighted by Gasteiger charge is -2.29. The first kappa shape index (κ1) is 14.0. The first-order valence-corrected chi connectivity index (χ1v) is 6.67. The third-order valence-electron chi connectivity index (χ3n) is 3.82. The van der Waals surface area contributed by atoms with E-state index in [9.17, 15) is 9.90 Å². The van der Waals surface area contributed by atoms with Crippen molar-refractivity contribution in [3.8, 4) is 0 Å². The molecule has 0 aromatic heterocycles. The standard InChI is InChI=1S/C15H21NO3/c1-11-4-2-3-5-13(11)15(9-16,14(17)18)10-19-8-12-6-7-12/h2-5,12H,6-10,16H2,1H3,(H,17,18). The largest absolute Gasteiger partial charge is 0.480 e. The Morgan fingerprint density at radius 3 is 2.68 bits per heavy atom. The monoisotopic (exact) mass is 263 g/mol. The number of ether oxygens (including phenoxy) is 1. The molecule has 0 amide bonds. The van der Waals surface area contributed by atoms with Gasteiger partial charge in [-0.25, -0.2) is 0 Å². The number of carboxylic acids is 1. The first-order chi connectivity index (χ1) is 9.10. The summed E-state index contributed by atoms with van der Waals surface area (Å²) < 4.78 is 5.62. The van der Waals surface area contributed by atoms with E-state index in [0.29, 0.717) is 12.5 Å². The lowest BCUT2D eigenvalue weighted by atomic mass is 9.79. The zero-order valence-electron chi connectivity index (χ0n) is 11.3. The van der Waals surface area contributed by atoms with Gasteiger partial charge in [0.25, 0.3) is 0 Å². The molecule has 1 aromatic carbocycles. The number of carboxylic acid groups (broad SMARTS) is 1. The highest BCUT2D eigenvalue weighted by Gasteiger charge is 2.41. The zero-order chi connectivity index (χ0) is 13.9. The summed E-state index contributed by atoms with van der Waals surface area (Å²) >= 11 is 0. The summed E-state index contributed by atoms with van der Waals surface area (Å²) in [6, 6.07) is 7.48. The number of rotatable bonds is 7. The predicted octanol–water partition coefficient (Wildman–Crippen LogP) is 1.70. The van der Waals surface area contributed by atoms with Crippen LogP contribution in [0.4, 0.5) is 0 Å². The Balaban J connectivity index is 2.21. The Morgan fingerprint density at radius 2 is 2.16 bits per heavy atom. The fraction of sp³-hybridized carbons (Fsp3) is 0.533. The lowest BCUT2D eigenvalue weighted by Crippen LogP contribution is -2.47. The maximum atomic E-state index is 11.7. The first-order valence-electron chi connectivity index (χ1n) is 6.67. The van der Waals surface area contributed by atoms with Gasteiger partial charge in [0.15, 0.2) is 0 Å². The van der Waals surface area contributed by atoms with Gasteiger partial charge in [0.2, 0.25) is 0 Å². The van der Waals surface area contributed by atoms with E-state index >= 15 is 0 Å². The molecule has 0 bridgehead atoms. The molecule has 4 nitrogen and oxygen atoms in total. The summed E-state index contributed by atoms with van der Waals surface area (Å²) in [5, 5.41) is 9.62. The molecule has 3 N–H and O–H groups in total. The van der Waals surface area contributed by atoms with Crippen LogP contribution in [0.1, 0.15) is 24.0 Å². The van der Waals surface area contributed by atoms with Crippen LogP contribution in [0.15, 0.2) is 24.3 Å². The summed E-state index contributed by atoms with van der Waals surface area (Å²) in [6.45, 7) is 2.72. The second kappa shape index (κ2) is 5.72. The summed E-state index contributed by atoms with van der Waals surface area (Å²) in [7, 11) is 0. The van der Waals surface area contributed by atoms with Crippen molar-refractivity contribution in [1.29, 1.82) is 0 Å². The fourth-order valence-corrected chi connectivity index (χ4v) is 2.31. The minimum Gasteiger partial charge on any atom is -0.480 e. The number of hydrogen-bond donors (Lipinski definition) is 2. The van der Waals surface area contributed by atoms with Gasteiger partial charge in [-0.05, 0) is 36.8 Å². The van der Waals surface area contributed by atoms with Crippen LogP contribution in [0, 0.1) is 12.8 Å². The van der Waals surface area contributed by atoms with Crippen LogP contribution in [0.25, 0.3) is 0 Å². The van der Waals surface area contributed by atoms with Gasteiger partial charge in [0, 0.05) is 13.2 Å². The van der Waals surface area contributed by atoms with Gasteiger partial charge < -0.3 is 15.6 Å². The van der Waals surface area contributed by atoms with E-state index in [1.807, 2.05) is 31.2 Å². The van der Waals surface area contributed by atoms with Gasteiger partial charge >= 0.3 is 5.97 Å². The highest BCUT2D eigenvalue weighted by atomic mass is 16.5. The fourth-order valence-electron chi connectivity index (χ4n) is 2.31. The van der Waals surface area contributed by atoms with E-state index in [4.69, 9.17) is 10.5 Å². The van der Waals surface area contributed by atoms with E-state index in [-0.39, 0.29) is 13.2 Å². The summed E-state index contributed by atoms with van der Waals surface area (Å²) in [5.74, 6) is -0.304. The second-order valence-electron chi connectivity index (χ2n) is 5.36. The van der Waals surface area contributed by atoms with Gasteiger partial charge in [-0.15, -0.1) is 0 Å². The van der Waals surface area contributed by atoms with Crippen molar-refractivity contribution in [2.24, 2.45) is 11.7 Å². The average molecular weight is 263 g/mol. The van der Waals surface area contributed by atoms with Gasteiger partial charge in [-0.3, -0.25) is 4.79 Å². The van der Waals surface area contributed by atoms with Crippen molar-refractivity contribution >= 4 is 5.97 Å². The van der Waals surface area contributed by atoms with E-state index in [2.05, 4.69) is 0 Å². The number of carbonyl (C=O) groups is 1. The number of aliphatic carboxylic acids is 1. The minimum atomic E-state index is -1.14.